The van der Waals surface area contributed by atoms with Crippen molar-refractivity contribution < 1.29 is 4.79 Å². The number of urea groups is 1. The number of nitrogens with two attached hydrogens (primary N) is 2. The van der Waals surface area contributed by atoms with E-state index in [0.717, 1.165) is 23.9 Å². The molecule has 2 aromatic heterocycles. The van der Waals surface area contributed by atoms with Crippen molar-refractivity contribution in [3.05, 3.63) is 30.5 Å². The smallest absolute Gasteiger partial charge is 0.320 e. The van der Waals surface area contributed by atoms with E-state index in [4.69, 9.17) is 11.5 Å². The van der Waals surface area contributed by atoms with Crippen molar-refractivity contribution in [3.63, 3.8) is 0 Å². The minimum atomic E-state index is -0.507. The molecule has 2 amide bonds. The van der Waals surface area contributed by atoms with Gasteiger partial charge in [-0.3, -0.25) is 9.88 Å². The highest BCUT2D eigenvalue weighted by molar-refractivity contribution is 5.90. The van der Waals surface area contributed by atoms with Gasteiger partial charge >= 0.3 is 6.03 Å². The summed E-state index contributed by atoms with van der Waals surface area (Å²) in [5.41, 5.74) is 12.4. The number of carbonyl (C=O) groups excluding carboxylic acids is 1. The Morgan fingerprint density at radius 3 is 2.79 bits per heavy atom. The molecule has 0 aliphatic heterocycles. The summed E-state index contributed by atoms with van der Waals surface area (Å²) in [5.74, 6) is 0.546. The first-order chi connectivity index (χ1) is 9.22. The van der Waals surface area contributed by atoms with Crippen LogP contribution in [0.25, 0.3) is 11.0 Å². The molecule has 2 aromatic rings. The Labute approximate surface area is 111 Å². The summed E-state index contributed by atoms with van der Waals surface area (Å²) < 4.78 is 0. The van der Waals surface area contributed by atoms with Crippen LogP contribution in [-0.4, -0.2) is 29.1 Å². The largest absolute Gasteiger partial charge is 0.351 e. The Morgan fingerprint density at radius 1 is 1.21 bits per heavy atom. The standard InChI is InChI=1S/C13H17N5O/c14-7-1-2-9-18(13(15)19)12-6-5-10-11(17-12)4-3-8-16-10/h3-6,8H,1-2,7,9,14H2,(H2,15,19). The van der Waals surface area contributed by atoms with E-state index in [-0.39, 0.29) is 0 Å². The first-order valence-corrected chi connectivity index (χ1v) is 6.21. The Kier molecular flexibility index (Phi) is 4.25. The van der Waals surface area contributed by atoms with E-state index in [2.05, 4.69) is 9.97 Å². The fourth-order valence-corrected chi connectivity index (χ4v) is 1.85. The number of anilines is 1. The molecule has 0 spiro atoms. The van der Waals surface area contributed by atoms with E-state index in [1.54, 1.807) is 12.3 Å². The Hall–Kier alpha value is -2.21. The van der Waals surface area contributed by atoms with Gasteiger partial charge < -0.3 is 11.5 Å². The highest BCUT2D eigenvalue weighted by atomic mass is 16.2. The van der Waals surface area contributed by atoms with Gasteiger partial charge in [0.2, 0.25) is 0 Å². The molecule has 19 heavy (non-hydrogen) atoms. The normalized spacial score (nSPS) is 10.6. The number of unbranched alkanes of at least 4 members (excludes halogenated alkanes) is 1. The first kappa shape index (κ1) is 13.2. The third kappa shape index (κ3) is 3.17. The van der Waals surface area contributed by atoms with Crippen LogP contribution in [0.3, 0.4) is 0 Å². The quantitative estimate of drug-likeness (QED) is 0.789. The van der Waals surface area contributed by atoms with Gasteiger partial charge in [-0.1, -0.05) is 0 Å². The Morgan fingerprint density at radius 2 is 2.05 bits per heavy atom. The van der Waals surface area contributed by atoms with Crippen LogP contribution in [0, 0.1) is 0 Å². The number of amides is 2. The molecule has 2 rings (SSSR count). The van der Waals surface area contributed by atoms with Crippen LogP contribution >= 0.6 is 0 Å². The molecule has 0 radical (unpaired) electrons. The molecule has 0 saturated heterocycles. The lowest BCUT2D eigenvalue weighted by Crippen LogP contribution is -2.37. The van der Waals surface area contributed by atoms with E-state index in [1.165, 1.54) is 4.90 Å². The summed E-state index contributed by atoms with van der Waals surface area (Å²) in [7, 11) is 0. The third-order valence-electron chi connectivity index (χ3n) is 2.82. The molecule has 0 aliphatic carbocycles. The van der Waals surface area contributed by atoms with Gasteiger partial charge in [-0.05, 0) is 43.7 Å². The van der Waals surface area contributed by atoms with Crippen LogP contribution in [0.4, 0.5) is 10.6 Å². The zero-order valence-corrected chi connectivity index (χ0v) is 10.6. The molecule has 2 heterocycles. The Bertz CT molecular complexity index is 572. The maximum Gasteiger partial charge on any atom is 0.320 e. The van der Waals surface area contributed by atoms with Crippen LogP contribution in [0.5, 0.6) is 0 Å². The molecule has 6 nitrogen and oxygen atoms in total. The predicted molar refractivity (Wildman–Crippen MR) is 74.8 cm³/mol. The molecule has 0 unspecified atom stereocenters. The van der Waals surface area contributed by atoms with Crippen LogP contribution < -0.4 is 16.4 Å². The average molecular weight is 259 g/mol. The second kappa shape index (κ2) is 6.10. The maximum absolute atomic E-state index is 11.5. The zero-order chi connectivity index (χ0) is 13.7. The van der Waals surface area contributed by atoms with Crippen LogP contribution in [0.2, 0.25) is 0 Å². The minimum absolute atomic E-state index is 0.507. The van der Waals surface area contributed by atoms with Crippen molar-refractivity contribution in [1.29, 1.82) is 0 Å². The summed E-state index contributed by atoms with van der Waals surface area (Å²) in [4.78, 5) is 21.5. The molecular formula is C13H17N5O. The number of hydrogen-bond acceptors (Lipinski definition) is 4. The molecule has 0 aliphatic rings. The van der Waals surface area contributed by atoms with Gasteiger partial charge in [0.25, 0.3) is 0 Å². The number of carbonyl (C=O) groups is 1. The monoisotopic (exact) mass is 259 g/mol. The Balaban J connectivity index is 2.25. The lowest BCUT2D eigenvalue weighted by molar-refractivity contribution is 0.253. The summed E-state index contributed by atoms with van der Waals surface area (Å²) in [6.45, 7) is 1.12. The first-order valence-electron chi connectivity index (χ1n) is 6.21. The number of hydrogen-bond donors (Lipinski definition) is 2. The highest BCUT2D eigenvalue weighted by Crippen LogP contribution is 2.16. The summed E-state index contributed by atoms with van der Waals surface area (Å²) in [6, 6.07) is 6.74. The van der Waals surface area contributed by atoms with E-state index in [0.29, 0.717) is 18.9 Å². The number of nitrogens with zero attached hydrogens (tertiary/aromatic N) is 3. The lowest BCUT2D eigenvalue weighted by Gasteiger charge is -2.19. The van der Waals surface area contributed by atoms with Gasteiger partial charge in [0.05, 0.1) is 11.0 Å². The number of aromatic nitrogens is 2. The van der Waals surface area contributed by atoms with Crippen LogP contribution in [0.1, 0.15) is 12.8 Å². The molecule has 0 saturated carbocycles. The van der Waals surface area contributed by atoms with Crippen molar-refractivity contribution >= 4 is 22.9 Å². The number of pyridine rings is 2. The van der Waals surface area contributed by atoms with Crippen molar-refractivity contribution in [2.75, 3.05) is 18.0 Å². The van der Waals surface area contributed by atoms with Gasteiger partial charge in [0.1, 0.15) is 5.82 Å². The third-order valence-corrected chi connectivity index (χ3v) is 2.82. The summed E-state index contributed by atoms with van der Waals surface area (Å²) in [5, 5.41) is 0. The van der Waals surface area contributed by atoms with Crippen LogP contribution in [0.15, 0.2) is 30.5 Å². The molecule has 6 heteroatoms. The molecule has 4 N–H and O–H groups in total. The van der Waals surface area contributed by atoms with Crippen molar-refractivity contribution in [3.8, 4) is 0 Å². The molecule has 100 valence electrons. The van der Waals surface area contributed by atoms with Crippen molar-refractivity contribution in [2.24, 2.45) is 11.5 Å². The predicted octanol–water partition coefficient (Wildman–Crippen LogP) is 1.25. The summed E-state index contributed by atoms with van der Waals surface area (Å²) >= 11 is 0. The molecule has 0 fully saturated rings. The van der Waals surface area contributed by atoms with Gasteiger partial charge in [-0.15, -0.1) is 0 Å². The maximum atomic E-state index is 11.5. The van der Waals surface area contributed by atoms with E-state index in [9.17, 15) is 4.79 Å². The molecule has 0 bridgehead atoms. The van der Waals surface area contributed by atoms with Gasteiger partial charge in [0, 0.05) is 12.7 Å². The van der Waals surface area contributed by atoms with E-state index >= 15 is 0 Å². The fourth-order valence-electron chi connectivity index (χ4n) is 1.85. The number of rotatable bonds is 5. The van der Waals surface area contributed by atoms with Gasteiger partial charge in [-0.2, -0.15) is 0 Å². The molecule has 0 atom stereocenters. The second-order valence-electron chi connectivity index (χ2n) is 4.20. The SMILES string of the molecule is NCCCCN(C(N)=O)c1ccc2ncccc2n1. The minimum Gasteiger partial charge on any atom is -0.351 e. The van der Waals surface area contributed by atoms with Gasteiger partial charge in [0.15, 0.2) is 0 Å². The highest BCUT2D eigenvalue weighted by Gasteiger charge is 2.13. The average Bonchev–Trinajstić information content (AvgIpc) is 2.43. The number of fused-ring (bicyclic) bond motifs is 1. The summed E-state index contributed by atoms with van der Waals surface area (Å²) in [6.07, 6.45) is 3.35. The zero-order valence-electron chi connectivity index (χ0n) is 10.6. The lowest BCUT2D eigenvalue weighted by atomic mass is 10.2. The fraction of sp³-hybridized carbons (Fsp3) is 0.308. The van der Waals surface area contributed by atoms with E-state index < -0.39 is 6.03 Å². The molecular weight excluding hydrogens is 242 g/mol. The van der Waals surface area contributed by atoms with Crippen molar-refractivity contribution in [1.82, 2.24) is 9.97 Å². The topological polar surface area (TPSA) is 98.1 Å². The van der Waals surface area contributed by atoms with E-state index in [1.807, 2.05) is 18.2 Å². The number of primary amides is 1. The second-order valence-corrected chi connectivity index (χ2v) is 4.20. The van der Waals surface area contributed by atoms with Gasteiger partial charge in [-0.25, -0.2) is 9.78 Å². The van der Waals surface area contributed by atoms with Crippen LogP contribution in [-0.2, 0) is 0 Å². The van der Waals surface area contributed by atoms with Crippen molar-refractivity contribution in [2.45, 2.75) is 12.8 Å². The molecule has 0 aromatic carbocycles.